The highest BCUT2D eigenvalue weighted by atomic mass is 32.2. The zero-order valence-electron chi connectivity index (χ0n) is 16.8. The van der Waals surface area contributed by atoms with Crippen molar-refractivity contribution in [2.24, 2.45) is 0 Å². The number of carbonyl (C=O) groups excluding carboxylic acids is 2. The smallest absolute Gasteiger partial charge is 0.274 e. The molecule has 33 heavy (non-hydrogen) atoms. The number of amides is 2. The van der Waals surface area contributed by atoms with Crippen molar-refractivity contribution in [3.05, 3.63) is 95.3 Å². The average Bonchev–Trinajstić information content (AvgIpc) is 3.14. The van der Waals surface area contributed by atoms with Crippen molar-refractivity contribution in [3.63, 3.8) is 0 Å². The molecule has 6 nitrogen and oxygen atoms in total. The van der Waals surface area contributed by atoms with Crippen LogP contribution in [0.25, 0.3) is 0 Å². The molecule has 10 heteroatoms. The van der Waals surface area contributed by atoms with E-state index in [4.69, 9.17) is 0 Å². The van der Waals surface area contributed by atoms with Crippen LogP contribution in [0.2, 0.25) is 0 Å². The fourth-order valence-corrected chi connectivity index (χ4v) is 6.48. The van der Waals surface area contributed by atoms with Gasteiger partial charge >= 0.3 is 0 Å². The lowest BCUT2D eigenvalue weighted by molar-refractivity contribution is -0.123. The Morgan fingerprint density at radius 2 is 1.58 bits per heavy atom. The monoisotopic (exact) mass is 472 g/mol. The van der Waals surface area contributed by atoms with Gasteiger partial charge in [0.05, 0.1) is 12.2 Å². The van der Waals surface area contributed by atoms with Crippen molar-refractivity contribution < 1.29 is 31.2 Å². The Morgan fingerprint density at radius 3 is 2.27 bits per heavy atom. The van der Waals surface area contributed by atoms with Crippen LogP contribution in [0.15, 0.2) is 66.7 Å². The molecular weight excluding hydrogens is 457 g/mol. The summed E-state index contributed by atoms with van der Waals surface area (Å²) in [5, 5.41) is 0. The van der Waals surface area contributed by atoms with Crippen molar-refractivity contribution in [3.8, 4) is 0 Å². The van der Waals surface area contributed by atoms with Crippen LogP contribution in [0.5, 0.6) is 0 Å². The van der Waals surface area contributed by atoms with Gasteiger partial charge in [-0.1, -0.05) is 30.3 Å². The summed E-state index contributed by atoms with van der Waals surface area (Å²) in [6.45, 7) is -0.0901. The number of nitrogens with zero attached hydrogens (tertiary/aromatic N) is 2. The third-order valence-corrected chi connectivity index (χ3v) is 7.94. The summed E-state index contributed by atoms with van der Waals surface area (Å²) >= 11 is 0. The summed E-state index contributed by atoms with van der Waals surface area (Å²) in [5.41, 5.74) is 0.551. The Bertz CT molecular complexity index is 1430. The van der Waals surface area contributed by atoms with Crippen LogP contribution < -0.4 is 9.80 Å². The van der Waals surface area contributed by atoms with Crippen LogP contribution in [0.4, 0.5) is 24.5 Å². The molecule has 1 saturated heterocycles. The highest BCUT2D eigenvalue weighted by Gasteiger charge is 2.69. The van der Waals surface area contributed by atoms with Gasteiger partial charge in [-0.25, -0.2) is 21.6 Å². The van der Waals surface area contributed by atoms with Gasteiger partial charge in [0.15, 0.2) is 21.5 Å². The summed E-state index contributed by atoms with van der Waals surface area (Å²) < 4.78 is 67.8. The maximum absolute atomic E-state index is 14.0. The number of sulfone groups is 1. The molecule has 1 fully saturated rings. The van der Waals surface area contributed by atoms with E-state index in [-0.39, 0.29) is 23.5 Å². The van der Waals surface area contributed by atoms with Crippen molar-refractivity contribution in [2.45, 2.75) is 11.4 Å². The zero-order valence-corrected chi connectivity index (χ0v) is 17.7. The third-order valence-electron chi connectivity index (χ3n) is 5.84. The maximum atomic E-state index is 14.0. The number of halogens is 3. The zero-order chi connectivity index (χ0) is 23.5. The van der Waals surface area contributed by atoms with Crippen LogP contribution in [-0.2, 0) is 30.8 Å². The first-order chi connectivity index (χ1) is 15.7. The second kappa shape index (κ2) is 7.17. The Labute approximate surface area is 186 Å². The molecule has 2 aliphatic heterocycles. The lowest BCUT2D eigenvalue weighted by Crippen LogP contribution is -2.54. The first kappa shape index (κ1) is 21.2. The van der Waals surface area contributed by atoms with Gasteiger partial charge < -0.3 is 4.90 Å². The van der Waals surface area contributed by atoms with E-state index in [0.717, 1.165) is 17.0 Å². The SMILES string of the molecule is O=C1CS(=O)(=O)[C@@]2(C(=O)N(Cc3ccc(F)cc3)c3ccccc32)N1c1ccc(F)c(F)c1. The van der Waals surface area contributed by atoms with Crippen LogP contribution >= 0.6 is 0 Å². The van der Waals surface area contributed by atoms with E-state index in [9.17, 15) is 31.2 Å². The molecule has 2 aliphatic rings. The molecule has 0 bridgehead atoms. The Balaban J connectivity index is 1.73. The van der Waals surface area contributed by atoms with Crippen LogP contribution in [0.3, 0.4) is 0 Å². The van der Waals surface area contributed by atoms with Crippen LogP contribution in [0.1, 0.15) is 11.1 Å². The minimum absolute atomic E-state index is 0.0349. The van der Waals surface area contributed by atoms with Gasteiger partial charge in [0.2, 0.25) is 5.91 Å². The van der Waals surface area contributed by atoms with Gasteiger partial charge in [0.25, 0.3) is 10.8 Å². The number of benzene rings is 3. The van der Waals surface area contributed by atoms with E-state index < -0.39 is 49.7 Å². The summed E-state index contributed by atoms with van der Waals surface area (Å²) in [6.07, 6.45) is 0. The standard InChI is InChI=1S/C23H15F3N2O4S/c24-15-7-5-14(6-8-15)12-27-20-4-2-1-3-17(20)23(22(27)30)28(21(29)13-33(23,31)32)16-9-10-18(25)19(26)11-16/h1-11H,12-13H2/t23-/m0/s1. The number of rotatable bonds is 3. The molecule has 1 spiro atoms. The number of hydrogen-bond acceptors (Lipinski definition) is 4. The van der Waals surface area contributed by atoms with Crippen molar-refractivity contribution in [2.75, 3.05) is 15.6 Å². The molecule has 1 atom stereocenters. The lowest BCUT2D eigenvalue weighted by Gasteiger charge is -2.32. The molecular formula is C23H15F3N2O4S. The van der Waals surface area contributed by atoms with E-state index in [0.29, 0.717) is 11.6 Å². The van der Waals surface area contributed by atoms with Gasteiger partial charge in [-0.15, -0.1) is 0 Å². The van der Waals surface area contributed by atoms with Gasteiger partial charge in [0, 0.05) is 17.3 Å². The minimum atomic E-state index is -4.44. The number of anilines is 2. The predicted molar refractivity (Wildman–Crippen MR) is 113 cm³/mol. The largest absolute Gasteiger partial charge is 0.304 e. The van der Waals surface area contributed by atoms with Gasteiger partial charge in [0.1, 0.15) is 11.6 Å². The molecule has 2 heterocycles. The summed E-state index contributed by atoms with van der Waals surface area (Å²) in [6, 6.07) is 13.9. The molecule has 3 aromatic rings. The highest BCUT2D eigenvalue weighted by molar-refractivity contribution is 7.94. The molecule has 0 N–H and O–H groups in total. The number of carbonyl (C=O) groups is 2. The topological polar surface area (TPSA) is 74.8 Å². The van der Waals surface area contributed by atoms with Crippen molar-refractivity contribution in [1.82, 2.24) is 0 Å². The molecule has 2 amide bonds. The van der Waals surface area contributed by atoms with Gasteiger partial charge in [-0.05, 0) is 35.9 Å². The van der Waals surface area contributed by atoms with E-state index in [1.807, 2.05) is 0 Å². The van der Waals surface area contributed by atoms with Gasteiger partial charge in [-0.3, -0.25) is 14.5 Å². The van der Waals surface area contributed by atoms with E-state index >= 15 is 0 Å². The second-order valence-corrected chi connectivity index (χ2v) is 9.87. The summed E-state index contributed by atoms with van der Waals surface area (Å²) in [5.74, 6) is -5.79. The van der Waals surface area contributed by atoms with Crippen LogP contribution in [0, 0.1) is 17.5 Å². The molecule has 3 aromatic carbocycles. The molecule has 5 rings (SSSR count). The first-order valence-corrected chi connectivity index (χ1v) is 11.5. The average molecular weight is 472 g/mol. The van der Waals surface area contributed by atoms with E-state index in [1.165, 1.54) is 47.4 Å². The Morgan fingerprint density at radius 1 is 0.879 bits per heavy atom. The van der Waals surface area contributed by atoms with Crippen molar-refractivity contribution in [1.29, 1.82) is 0 Å². The molecule has 0 saturated carbocycles. The maximum Gasteiger partial charge on any atom is 0.274 e. The minimum Gasteiger partial charge on any atom is -0.304 e. The second-order valence-electron chi connectivity index (χ2n) is 7.77. The first-order valence-electron chi connectivity index (χ1n) is 9.83. The third kappa shape index (κ3) is 2.90. The van der Waals surface area contributed by atoms with Gasteiger partial charge in [-0.2, -0.15) is 0 Å². The number of para-hydroxylation sites is 1. The summed E-state index contributed by atoms with van der Waals surface area (Å²) in [4.78, 5) is 26.3. The number of fused-ring (bicyclic) bond motifs is 2. The quantitative estimate of drug-likeness (QED) is 0.587. The number of hydrogen-bond donors (Lipinski definition) is 0. The van der Waals surface area contributed by atoms with Crippen molar-refractivity contribution >= 4 is 33.0 Å². The highest BCUT2D eigenvalue weighted by Crippen LogP contribution is 2.52. The van der Waals surface area contributed by atoms with E-state index in [1.54, 1.807) is 6.07 Å². The lowest BCUT2D eigenvalue weighted by atomic mass is 10.0. The molecule has 0 aromatic heterocycles. The molecule has 168 valence electrons. The Kier molecular flexibility index (Phi) is 4.61. The Hall–Kier alpha value is -3.66. The molecule has 0 aliphatic carbocycles. The predicted octanol–water partition coefficient (Wildman–Crippen LogP) is 3.27. The van der Waals surface area contributed by atoms with Crippen LogP contribution in [-0.4, -0.2) is 26.0 Å². The fourth-order valence-electron chi connectivity index (χ4n) is 4.45. The molecule has 0 unspecified atom stereocenters. The fraction of sp³-hybridized carbons (Fsp3) is 0.130. The van der Waals surface area contributed by atoms with E-state index in [2.05, 4.69) is 0 Å². The molecule has 0 radical (unpaired) electrons. The normalized spacial score (nSPS) is 21.2. The summed E-state index contributed by atoms with van der Waals surface area (Å²) in [7, 11) is -4.44.